The van der Waals surface area contributed by atoms with Crippen LogP contribution in [0.1, 0.15) is 27.0 Å². The van der Waals surface area contributed by atoms with Crippen molar-refractivity contribution in [3.8, 4) is 0 Å². The number of esters is 1. The van der Waals surface area contributed by atoms with Gasteiger partial charge >= 0.3 is 5.97 Å². The number of anilines is 1. The Morgan fingerprint density at radius 1 is 1.21 bits per heavy atom. The Morgan fingerprint density at radius 3 is 2.61 bits per heavy atom. The number of thiophene rings is 1. The van der Waals surface area contributed by atoms with E-state index >= 15 is 0 Å². The molecule has 1 atom stereocenters. The first-order valence-electron chi connectivity index (χ1n) is 9.68. The van der Waals surface area contributed by atoms with Crippen LogP contribution < -0.4 is 5.32 Å². The number of fused-ring (bicyclic) bond motifs is 1. The van der Waals surface area contributed by atoms with Crippen LogP contribution in [0.25, 0.3) is 10.2 Å². The van der Waals surface area contributed by atoms with Gasteiger partial charge in [-0.2, -0.15) is 5.10 Å². The SMILES string of the molecule is Cc1nn(C)c2sc(C(=O)OC(C(=O)Nc3ccc(Cl)c([N+](=O)[O-])c3)c3ccccc3)cc12. The number of hydrogen-bond donors (Lipinski definition) is 1. The number of amides is 1. The molecular formula is C22H17ClN4O5S. The van der Waals surface area contributed by atoms with E-state index in [9.17, 15) is 19.7 Å². The molecule has 0 aliphatic rings. The van der Waals surface area contributed by atoms with Gasteiger partial charge in [0.1, 0.15) is 14.7 Å². The minimum atomic E-state index is -1.28. The highest BCUT2D eigenvalue weighted by molar-refractivity contribution is 7.20. The average molecular weight is 485 g/mol. The fraction of sp³-hybridized carbons (Fsp3) is 0.136. The zero-order chi connectivity index (χ0) is 23.7. The van der Waals surface area contributed by atoms with Crippen LogP contribution in [0.3, 0.4) is 0 Å². The number of aryl methyl sites for hydroxylation is 2. The van der Waals surface area contributed by atoms with E-state index in [1.165, 1.54) is 23.5 Å². The summed E-state index contributed by atoms with van der Waals surface area (Å²) in [5.74, 6) is -1.33. The number of ether oxygens (including phenoxy) is 1. The molecule has 1 amide bonds. The molecule has 2 aromatic heterocycles. The molecule has 2 aromatic carbocycles. The molecule has 0 bridgehead atoms. The average Bonchev–Trinajstić information content (AvgIpc) is 3.35. The van der Waals surface area contributed by atoms with Gasteiger partial charge < -0.3 is 10.1 Å². The number of halogens is 1. The van der Waals surface area contributed by atoms with E-state index in [4.69, 9.17) is 16.3 Å². The summed E-state index contributed by atoms with van der Waals surface area (Å²) < 4.78 is 7.29. The van der Waals surface area contributed by atoms with Crippen molar-refractivity contribution in [2.24, 2.45) is 7.05 Å². The number of carbonyl (C=O) groups excluding carboxylic acids is 2. The van der Waals surface area contributed by atoms with Gasteiger partial charge in [-0.3, -0.25) is 19.6 Å². The van der Waals surface area contributed by atoms with Crippen LogP contribution in [-0.2, 0) is 16.6 Å². The van der Waals surface area contributed by atoms with Crippen LogP contribution in [0.5, 0.6) is 0 Å². The minimum absolute atomic E-state index is 0.0569. The summed E-state index contributed by atoms with van der Waals surface area (Å²) in [5.41, 5.74) is 1.03. The number of benzene rings is 2. The van der Waals surface area contributed by atoms with Gasteiger partial charge in [-0.15, -0.1) is 11.3 Å². The molecule has 168 valence electrons. The fourth-order valence-electron chi connectivity index (χ4n) is 3.31. The van der Waals surface area contributed by atoms with Crippen molar-refractivity contribution in [2.75, 3.05) is 5.32 Å². The first-order valence-corrected chi connectivity index (χ1v) is 10.9. The van der Waals surface area contributed by atoms with Gasteiger partial charge in [0.05, 0.1) is 10.6 Å². The predicted octanol–water partition coefficient (Wildman–Crippen LogP) is 5.04. The summed E-state index contributed by atoms with van der Waals surface area (Å²) in [6.07, 6.45) is -1.28. The Labute approximate surface area is 196 Å². The number of nitro benzene ring substituents is 1. The molecule has 1 unspecified atom stereocenters. The number of nitrogens with one attached hydrogen (secondary N) is 1. The van der Waals surface area contributed by atoms with Crippen LogP contribution >= 0.6 is 22.9 Å². The van der Waals surface area contributed by atoms with Gasteiger partial charge in [0.15, 0.2) is 0 Å². The van der Waals surface area contributed by atoms with Gasteiger partial charge in [-0.25, -0.2) is 4.79 Å². The third-order valence-corrected chi connectivity index (χ3v) is 6.37. The fourth-order valence-corrected chi connectivity index (χ4v) is 4.50. The zero-order valence-corrected chi connectivity index (χ0v) is 19.0. The monoisotopic (exact) mass is 484 g/mol. The van der Waals surface area contributed by atoms with Crippen LogP contribution in [0, 0.1) is 17.0 Å². The lowest BCUT2D eigenvalue weighted by Crippen LogP contribution is -2.25. The molecule has 0 aliphatic heterocycles. The third kappa shape index (κ3) is 4.57. The summed E-state index contributed by atoms with van der Waals surface area (Å²) >= 11 is 7.06. The Morgan fingerprint density at radius 2 is 1.94 bits per heavy atom. The highest BCUT2D eigenvalue weighted by Gasteiger charge is 2.28. The van der Waals surface area contributed by atoms with Gasteiger partial charge in [0, 0.05) is 29.8 Å². The summed E-state index contributed by atoms with van der Waals surface area (Å²) in [6.45, 7) is 1.84. The van der Waals surface area contributed by atoms with Gasteiger partial charge in [-0.1, -0.05) is 41.9 Å². The van der Waals surface area contributed by atoms with Crippen molar-refractivity contribution in [3.63, 3.8) is 0 Å². The molecule has 4 aromatic rings. The minimum Gasteiger partial charge on any atom is -0.443 e. The quantitative estimate of drug-likeness (QED) is 0.233. The molecule has 2 heterocycles. The Hall–Kier alpha value is -3.76. The largest absolute Gasteiger partial charge is 0.443 e. The lowest BCUT2D eigenvalue weighted by Gasteiger charge is -2.18. The number of hydrogen-bond acceptors (Lipinski definition) is 7. The number of carbonyl (C=O) groups is 2. The van der Waals surface area contributed by atoms with Crippen molar-refractivity contribution in [3.05, 3.63) is 85.9 Å². The summed E-state index contributed by atoms with van der Waals surface area (Å²) in [4.78, 5) is 37.7. The highest BCUT2D eigenvalue weighted by atomic mass is 35.5. The van der Waals surface area contributed by atoms with E-state index in [-0.39, 0.29) is 16.4 Å². The number of nitrogens with zero attached hydrogens (tertiary/aromatic N) is 3. The van der Waals surface area contributed by atoms with Gasteiger partial charge in [0.2, 0.25) is 6.10 Å². The molecule has 33 heavy (non-hydrogen) atoms. The number of nitro groups is 1. The molecule has 0 radical (unpaired) electrons. The number of rotatable bonds is 6. The third-order valence-electron chi connectivity index (χ3n) is 4.87. The second-order valence-corrected chi connectivity index (χ2v) is 8.58. The summed E-state index contributed by atoms with van der Waals surface area (Å²) in [6, 6.07) is 14.1. The molecule has 0 saturated heterocycles. The molecule has 0 aliphatic carbocycles. The van der Waals surface area contributed by atoms with E-state index < -0.39 is 22.9 Å². The van der Waals surface area contributed by atoms with Gasteiger partial charge in [0.25, 0.3) is 11.6 Å². The maximum absolute atomic E-state index is 13.1. The normalized spacial score (nSPS) is 11.8. The smallest absolute Gasteiger partial charge is 0.349 e. The lowest BCUT2D eigenvalue weighted by molar-refractivity contribution is -0.384. The maximum Gasteiger partial charge on any atom is 0.349 e. The van der Waals surface area contributed by atoms with Crippen LogP contribution in [0.15, 0.2) is 54.6 Å². The van der Waals surface area contributed by atoms with Crippen molar-refractivity contribution >= 4 is 56.4 Å². The van der Waals surface area contributed by atoms with Crippen LogP contribution in [-0.4, -0.2) is 26.6 Å². The van der Waals surface area contributed by atoms with E-state index in [0.29, 0.717) is 10.4 Å². The Balaban J connectivity index is 1.62. The summed E-state index contributed by atoms with van der Waals surface area (Å²) in [5, 5.41) is 18.8. The second-order valence-electron chi connectivity index (χ2n) is 7.15. The zero-order valence-electron chi connectivity index (χ0n) is 17.4. The molecule has 11 heteroatoms. The van der Waals surface area contributed by atoms with E-state index in [1.807, 2.05) is 6.92 Å². The predicted molar refractivity (Wildman–Crippen MR) is 125 cm³/mol. The van der Waals surface area contributed by atoms with Crippen molar-refractivity contribution in [1.29, 1.82) is 0 Å². The number of aromatic nitrogens is 2. The van der Waals surface area contributed by atoms with Crippen molar-refractivity contribution in [1.82, 2.24) is 9.78 Å². The molecule has 9 nitrogen and oxygen atoms in total. The first kappa shape index (κ1) is 22.4. The molecule has 1 N–H and O–H groups in total. The van der Waals surface area contributed by atoms with E-state index in [2.05, 4.69) is 10.4 Å². The van der Waals surface area contributed by atoms with Crippen LogP contribution in [0.4, 0.5) is 11.4 Å². The Bertz CT molecular complexity index is 1350. The van der Waals surface area contributed by atoms with Crippen LogP contribution in [0.2, 0.25) is 5.02 Å². The van der Waals surface area contributed by atoms with E-state index in [0.717, 1.165) is 22.0 Å². The second kappa shape index (κ2) is 9.00. The van der Waals surface area contributed by atoms with Crippen molar-refractivity contribution < 1.29 is 19.2 Å². The topological polar surface area (TPSA) is 116 Å². The molecule has 0 spiro atoms. The molecule has 0 saturated carbocycles. The maximum atomic E-state index is 13.1. The molecule has 0 fully saturated rings. The Kier molecular flexibility index (Phi) is 6.12. The first-order chi connectivity index (χ1) is 15.7. The van der Waals surface area contributed by atoms with Gasteiger partial charge in [-0.05, 0) is 25.1 Å². The lowest BCUT2D eigenvalue weighted by atomic mass is 10.1. The standard InChI is InChI=1S/C22H17ClN4O5S/c1-12-15-11-18(33-21(15)26(2)25-12)22(29)32-19(13-6-4-3-5-7-13)20(28)24-14-8-9-16(23)17(10-14)27(30)31/h3-11,19H,1-2H3,(H,24,28). The van der Waals surface area contributed by atoms with Crippen molar-refractivity contribution in [2.45, 2.75) is 13.0 Å². The summed E-state index contributed by atoms with van der Waals surface area (Å²) in [7, 11) is 1.78. The highest BCUT2D eigenvalue weighted by Crippen LogP contribution is 2.31. The molecular weight excluding hydrogens is 468 g/mol. The van der Waals surface area contributed by atoms with E-state index in [1.54, 1.807) is 48.1 Å². The molecule has 4 rings (SSSR count).